The molecule has 1 aromatic rings. The number of hydrogen-bond acceptors (Lipinski definition) is 6. The second-order valence-corrected chi connectivity index (χ2v) is 20.6. The first-order valence-corrected chi connectivity index (χ1v) is 30.3. The number of ether oxygens (including phenoxy) is 3. The molecule has 0 spiro atoms. The molecule has 0 bridgehead atoms. The van der Waals surface area contributed by atoms with E-state index in [4.69, 9.17) is 19.3 Å². The third kappa shape index (κ3) is 41.6. The van der Waals surface area contributed by atoms with E-state index < -0.39 is 5.97 Å². The van der Waals surface area contributed by atoms with Crippen LogP contribution < -0.4 is 24.8 Å². The van der Waals surface area contributed by atoms with Crippen LogP contribution in [0.5, 0.6) is 17.2 Å². The summed E-state index contributed by atoms with van der Waals surface area (Å²) in [7, 11) is 0. The van der Waals surface area contributed by atoms with E-state index in [0.717, 1.165) is 38.5 Å². The first-order chi connectivity index (χ1) is 34.4. The Hall–Kier alpha value is -2.97. The van der Waals surface area contributed by atoms with E-state index in [2.05, 4.69) is 31.4 Å². The summed E-state index contributed by atoms with van der Waals surface area (Å²) in [6.07, 6.45) is 54.2. The highest BCUT2D eigenvalue weighted by atomic mass is 16.5. The van der Waals surface area contributed by atoms with Gasteiger partial charge in [0.15, 0.2) is 11.5 Å². The van der Waals surface area contributed by atoms with E-state index in [1.807, 2.05) is 0 Å². The summed E-state index contributed by atoms with van der Waals surface area (Å²) in [5.41, 5.74) is 0.424. The lowest BCUT2D eigenvalue weighted by Crippen LogP contribution is -2.34. The Morgan fingerprint density at radius 2 is 0.643 bits per heavy atom. The summed E-state index contributed by atoms with van der Waals surface area (Å²) >= 11 is 0. The van der Waals surface area contributed by atoms with Gasteiger partial charge in [0.2, 0.25) is 11.7 Å². The minimum Gasteiger partial charge on any atom is -0.490 e. The fraction of sp³-hybridized carbons (Fsp3) is 0.852. The van der Waals surface area contributed by atoms with Crippen LogP contribution >= 0.6 is 0 Å². The van der Waals surface area contributed by atoms with Crippen molar-refractivity contribution in [3.63, 3.8) is 0 Å². The van der Waals surface area contributed by atoms with Crippen molar-refractivity contribution in [2.45, 2.75) is 303 Å². The quantitative estimate of drug-likeness (QED) is 0.0556. The Bertz CT molecular complexity index is 1280. The Morgan fingerprint density at radius 1 is 0.371 bits per heavy atom. The maximum atomic E-state index is 13.6. The van der Waals surface area contributed by atoms with Crippen LogP contribution in [0.25, 0.3) is 0 Å². The molecule has 0 radical (unpaired) electrons. The maximum absolute atomic E-state index is 13.6. The molecule has 0 saturated heterocycles. The van der Waals surface area contributed by atoms with E-state index in [0.29, 0.717) is 42.6 Å². The summed E-state index contributed by atoms with van der Waals surface area (Å²) < 4.78 is 19.5. The third-order valence-corrected chi connectivity index (χ3v) is 13.8. The highest BCUT2D eigenvalue weighted by Gasteiger charge is 2.19. The maximum Gasteiger partial charge on any atom is 0.303 e. The smallest absolute Gasteiger partial charge is 0.303 e. The number of nitrogens with one attached hydrogen (secondary N) is 2. The van der Waals surface area contributed by atoms with E-state index in [1.54, 1.807) is 12.1 Å². The molecule has 0 aliphatic rings. The monoisotopic (exact) mass is 985 g/mol. The molecule has 3 N–H and O–H groups in total. The van der Waals surface area contributed by atoms with Crippen molar-refractivity contribution >= 4 is 17.8 Å². The molecular weight excluding hydrogens is 873 g/mol. The Kier molecular flexibility index (Phi) is 47.3. The van der Waals surface area contributed by atoms with Crippen LogP contribution in [-0.2, 0) is 9.59 Å². The molecule has 1 rings (SSSR count). The standard InChI is InChI=1S/C61H112N2O7/c1-4-7-10-13-16-19-22-25-28-31-34-37-40-43-50-68-56-53-55(61(67)63-49-48-62-58(64)46-47-59(65)66)54-57(69-51-44-41-38-35-32-29-26-23-20-17-14-11-8-5-2)60(56)70-52-45-42-39-36-33-30-27-24-21-18-15-12-9-6-3/h53-54H,4-52H2,1-3H3,(H,62,64)(H,63,67)(H,65,66). The minimum absolute atomic E-state index is 0.0931. The second-order valence-electron chi connectivity index (χ2n) is 20.6. The molecule has 2 amide bonds. The normalized spacial score (nSPS) is 11.2. The fourth-order valence-electron chi connectivity index (χ4n) is 9.28. The van der Waals surface area contributed by atoms with Gasteiger partial charge in [-0.3, -0.25) is 14.4 Å². The van der Waals surface area contributed by atoms with Crippen molar-refractivity contribution < 1.29 is 33.7 Å². The zero-order chi connectivity index (χ0) is 50.6. The number of hydrogen-bond donors (Lipinski definition) is 3. The van der Waals surface area contributed by atoms with Crippen molar-refractivity contribution in [2.75, 3.05) is 32.9 Å². The third-order valence-electron chi connectivity index (χ3n) is 13.8. The van der Waals surface area contributed by atoms with Crippen molar-refractivity contribution in [1.29, 1.82) is 0 Å². The molecule has 0 aliphatic heterocycles. The number of aliphatic carboxylic acids is 1. The predicted molar refractivity (Wildman–Crippen MR) is 296 cm³/mol. The van der Waals surface area contributed by atoms with Gasteiger partial charge in [0.1, 0.15) is 0 Å². The average Bonchev–Trinajstić information content (AvgIpc) is 3.36. The molecular formula is C61H112N2O7. The van der Waals surface area contributed by atoms with Gasteiger partial charge < -0.3 is 30.0 Å². The summed E-state index contributed by atoms with van der Waals surface area (Å²) in [5.74, 6) is 0.0282. The van der Waals surface area contributed by atoms with Gasteiger partial charge in [0.05, 0.1) is 26.2 Å². The zero-order valence-corrected chi connectivity index (χ0v) is 46.2. The van der Waals surface area contributed by atoms with Crippen LogP contribution in [0.1, 0.15) is 314 Å². The molecule has 0 heterocycles. The summed E-state index contributed by atoms with van der Waals surface area (Å²) in [6, 6.07) is 3.56. The predicted octanol–water partition coefficient (Wildman–Crippen LogP) is 18.0. The van der Waals surface area contributed by atoms with Crippen LogP contribution in [0.15, 0.2) is 12.1 Å². The SMILES string of the molecule is CCCCCCCCCCCCCCCCOc1cc(C(=O)NCCNC(=O)CCC(=O)O)cc(OCCCCCCCCCCCCCCCC)c1OCCCCCCCCCCCCCCCC. The summed E-state index contributed by atoms with van der Waals surface area (Å²) in [4.78, 5) is 36.5. The van der Waals surface area contributed by atoms with Crippen molar-refractivity contribution in [3.05, 3.63) is 17.7 Å². The number of carboxylic acids is 1. The van der Waals surface area contributed by atoms with E-state index >= 15 is 0 Å². The number of carbonyl (C=O) groups excluding carboxylic acids is 2. The Labute approximate surface area is 431 Å². The molecule has 9 heteroatoms. The van der Waals surface area contributed by atoms with Gasteiger partial charge in [0, 0.05) is 25.1 Å². The highest BCUT2D eigenvalue weighted by Crippen LogP contribution is 2.40. The van der Waals surface area contributed by atoms with E-state index in [-0.39, 0.29) is 37.7 Å². The molecule has 408 valence electrons. The average molecular weight is 986 g/mol. The van der Waals surface area contributed by atoms with Gasteiger partial charge in [0.25, 0.3) is 5.91 Å². The lowest BCUT2D eigenvalue weighted by molar-refractivity contribution is -0.138. The van der Waals surface area contributed by atoms with Gasteiger partial charge in [-0.15, -0.1) is 0 Å². The number of amides is 2. The van der Waals surface area contributed by atoms with Crippen LogP contribution in [0.4, 0.5) is 0 Å². The van der Waals surface area contributed by atoms with Crippen molar-refractivity contribution in [1.82, 2.24) is 10.6 Å². The first-order valence-electron chi connectivity index (χ1n) is 30.3. The topological polar surface area (TPSA) is 123 Å². The van der Waals surface area contributed by atoms with Gasteiger partial charge in [-0.1, -0.05) is 271 Å². The first kappa shape index (κ1) is 65.0. The number of unbranched alkanes of at least 4 members (excludes halogenated alkanes) is 39. The molecule has 0 aliphatic carbocycles. The van der Waals surface area contributed by atoms with Gasteiger partial charge in [-0.05, 0) is 31.4 Å². The Morgan fingerprint density at radius 3 is 0.943 bits per heavy atom. The van der Waals surface area contributed by atoms with Crippen molar-refractivity contribution in [2.24, 2.45) is 0 Å². The molecule has 70 heavy (non-hydrogen) atoms. The fourth-order valence-corrected chi connectivity index (χ4v) is 9.28. The molecule has 0 unspecified atom stereocenters. The van der Waals surface area contributed by atoms with E-state index in [1.165, 1.54) is 231 Å². The second kappa shape index (κ2) is 51.0. The van der Waals surface area contributed by atoms with Crippen molar-refractivity contribution in [3.8, 4) is 17.2 Å². The summed E-state index contributed by atoms with van der Waals surface area (Å²) in [6.45, 7) is 8.90. The molecule has 0 saturated carbocycles. The van der Waals surface area contributed by atoms with Crippen LogP contribution in [0.3, 0.4) is 0 Å². The lowest BCUT2D eigenvalue weighted by atomic mass is 10.0. The van der Waals surface area contributed by atoms with Crippen LogP contribution in [0.2, 0.25) is 0 Å². The van der Waals surface area contributed by atoms with Crippen LogP contribution in [0, 0.1) is 0 Å². The molecule has 9 nitrogen and oxygen atoms in total. The number of carbonyl (C=O) groups is 3. The lowest BCUT2D eigenvalue weighted by Gasteiger charge is -2.19. The van der Waals surface area contributed by atoms with E-state index in [9.17, 15) is 14.4 Å². The molecule has 0 fully saturated rings. The largest absolute Gasteiger partial charge is 0.490 e. The van der Waals surface area contributed by atoms with Gasteiger partial charge in [-0.25, -0.2) is 0 Å². The summed E-state index contributed by atoms with van der Waals surface area (Å²) in [5, 5.41) is 14.5. The number of benzene rings is 1. The zero-order valence-electron chi connectivity index (χ0n) is 46.2. The number of carboxylic acid groups (broad SMARTS) is 1. The Balaban J connectivity index is 2.83. The molecule has 0 atom stereocenters. The number of rotatable bonds is 55. The highest BCUT2D eigenvalue weighted by molar-refractivity contribution is 5.95. The molecule has 1 aromatic carbocycles. The van der Waals surface area contributed by atoms with Gasteiger partial charge >= 0.3 is 5.97 Å². The van der Waals surface area contributed by atoms with Gasteiger partial charge in [-0.2, -0.15) is 0 Å². The molecule has 0 aromatic heterocycles. The van der Waals surface area contributed by atoms with Crippen LogP contribution in [-0.4, -0.2) is 55.8 Å². The minimum atomic E-state index is -1.01.